The minimum Gasteiger partial charge on any atom is -0.379 e. The molecule has 3 rings (SSSR count). The minimum atomic E-state index is -0.474. The lowest BCUT2D eigenvalue weighted by Gasteiger charge is -2.29. The summed E-state index contributed by atoms with van der Waals surface area (Å²) in [5.41, 5.74) is 1.91. The zero-order valence-electron chi connectivity index (χ0n) is 13.1. The van der Waals surface area contributed by atoms with Crippen molar-refractivity contribution in [2.24, 2.45) is 0 Å². The van der Waals surface area contributed by atoms with Crippen LogP contribution in [0.25, 0.3) is 0 Å². The third-order valence-electron chi connectivity index (χ3n) is 4.84. The smallest absolute Gasteiger partial charge is 0.244 e. The third kappa shape index (κ3) is 2.47. The standard InChI is InChI=1S/C17H24N2O2/c1-4-17(3)16(20)19(14-9-10-21-11-14)15(18-17)13-7-5-12(2)6-8-13/h5-8,14-15,18H,4,9-11H2,1-3H3. The topological polar surface area (TPSA) is 41.6 Å². The summed E-state index contributed by atoms with van der Waals surface area (Å²) >= 11 is 0. The van der Waals surface area contributed by atoms with Crippen molar-refractivity contribution in [2.75, 3.05) is 13.2 Å². The molecule has 2 aliphatic heterocycles. The highest BCUT2D eigenvalue weighted by molar-refractivity contribution is 5.89. The molecule has 4 nitrogen and oxygen atoms in total. The number of aryl methyl sites for hydroxylation is 1. The van der Waals surface area contributed by atoms with Crippen LogP contribution in [0.3, 0.4) is 0 Å². The molecule has 4 heteroatoms. The number of hydrogen-bond donors (Lipinski definition) is 1. The van der Waals surface area contributed by atoms with E-state index in [2.05, 4.69) is 43.4 Å². The Hall–Kier alpha value is -1.39. The molecule has 114 valence electrons. The molecule has 1 aromatic carbocycles. The van der Waals surface area contributed by atoms with Gasteiger partial charge in [-0.15, -0.1) is 0 Å². The van der Waals surface area contributed by atoms with Crippen LogP contribution >= 0.6 is 0 Å². The zero-order chi connectivity index (χ0) is 15.0. The molecular formula is C17H24N2O2. The van der Waals surface area contributed by atoms with E-state index in [1.54, 1.807) is 0 Å². The first kappa shape index (κ1) is 14.5. The van der Waals surface area contributed by atoms with E-state index in [0.29, 0.717) is 6.61 Å². The highest BCUT2D eigenvalue weighted by Gasteiger charge is 2.50. The summed E-state index contributed by atoms with van der Waals surface area (Å²) in [5.74, 6) is 0.200. The lowest BCUT2D eigenvalue weighted by atomic mass is 9.99. The molecule has 3 atom stereocenters. The normalized spacial score (nSPS) is 32.9. The van der Waals surface area contributed by atoms with Gasteiger partial charge in [0.15, 0.2) is 0 Å². The van der Waals surface area contributed by atoms with Gasteiger partial charge in [-0.1, -0.05) is 36.8 Å². The predicted molar refractivity (Wildman–Crippen MR) is 81.8 cm³/mol. The molecule has 2 aliphatic rings. The first-order valence-corrected chi connectivity index (χ1v) is 7.80. The van der Waals surface area contributed by atoms with Gasteiger partial charge >= 0.3 is 0 Å². The Morgan fingerprint density at radius 3 is 2.67 bits per heavy atom. The SMILES string of the molecule is CCC1(C)NC(c2ccc(C)cc2)N(C2CCOC2)C1=O. The molecule has 0 aromatic heterocycles. The minimum absolute atomic E-state index is 0.0465. The Kier molecular flexibility index (Phi) is 3.76. The van der Waals surface area contributed by atoms with Gasteiger partial charge in [0.25, 0.3) is 0 Å². The van der Waals surface area contributed by atoms with Crippen LogP contribution in [0.4, 0.5) is 0 Å². The van der Waals surface area contributed by atoms with Crippen molar-refractivity contribution in [3.05, 3.63) is 35.4 Å². The van der Waals surface area contributed by atoms with E-state index >= 15 is 0 Å². The second-order valence-electron chi connectivity index (χ2n) is 6.37. The van der Waals surface area contributed by atoms with Gasteiger partial charge in [-0.25, -0.2) is 0 Å². The molecule has 1 amide bonds. The fraction of sp³-hybridized carbons (Fsp3) is 0.588. The third-order valence-corrected chi connectivity index (χ3v) is 4.84. The van der Waals surface area contributed by atoms with Gasteiger partial charge in [0.2, 0.25) is 5.91 Å². The first-order valence-electron chi connectivity index (χ1n) is 7.80. The Balaban J connectivity index is 1.95. The molecule has 0 spiro atoms. The molecule has 3 unspecified atom stereocenters. The van der Waals surface area contributed by atoms with E-state index in [1.807, 2.05) is 11.8 Å². The summed E-state index contributed by atoms with van der Waals surface area (Å²) in [6, 6.07) is 8.62. The van der Waals surface area contributed by atoms with Crippen molar-refractivity contribution in [1.82, 2.24) is 10.2 Å². The largest absolute Gasteiger partial charge is 0.379 e. The number of ether oxygens (including phenoxy) is 1. The second kappa shape index (κ2) is 5.43. The summed E-state index contributed by atoms with van der Waals surface area (Å²) in [4.78, 5) is 14.9. The van der Waals surface area contributed by atoms with Gasteiger partial charge in [-0.2, -0.15) is 0 Å². The van der Waals surface area contributed by atoms with Crippen molar-refractivity contribution in [3.63, 3.8) is 0 Å². The number of hydrogen-bond acceptors (Lipinski definition) is 3. The van der Waals surface area contributed by atoms with E-state index in [9.17, 15) is 4.79 Å². The van der Waals surface area contributed by atoms with Crippen LogP contribution in [-0.2, 0) is 9.53 Å². The first-order chi connectivity index (χ1) is 10.0. The van der Waals surface area contributed by atoms with Crippen molar-refractivity contribution >= 4 is 5.91 Å². The summed E-state index contributed by atoms with van der Waals surface area (Å²) in [5, 5.41) is 3.55. The van der Waals surface area contributed by atoms with Gasteiger partial charge in [0, 0.05) is 6.61 Å². The van der Waals surface area contributed by atoms with Crippen LogP contribution < -0.4 is 5.32 Å². The Morgan fingerprint density at radius 2 is 2.10 bits per heavy atom. The monoisotopic (exact) mass is 288 g/mol. The van der Waals surface area contributed by atoms with E-state index in [1.165, 1.54) is 5.56 Å². The number of nitrogens with one attached hydrogen (secondary N) is 1. The molecule has 0 radical (unpaired) electrons. The fourth-order valence-electron chi connectivity index (χ4n) is 3.20. The summed E-state index contributed by atoms with van der Waals surface area (Å²) < 4.78 is 5.50. The fourth-order valence-corrected chi connectivity index (χ4v) is 3.20. The average molecular weight is 288 g/mol. The van der Waals surface area contributed by atoms with E-state index in [-0.39, 0.29) is 18.1 Å². The predicted octanol–water partition coefficient (Wildman–Crippen LogP) is 2.38. The Labute approximate surface area is 126 Å². The number of amides is 1. The van der Waals surface area contributed by atoms with Gasteiger partial charge < -0.3 is 9.64 Å². The van der Waals surface area contributed by atoms with Crippen LogP contribution in [0.15, 0.2) is 24.3 Å². The lowest BCUT2D eigenvalue weighted by molar-refractivity contribution is -0.135. The Bertz CT molecular complexity index is 522. The van der Waals surface area contributed by atoms with Gasteiger partial charge in [-0.3, -0.25) is 10.1 Å². The summed E-state index contributed by atoms with van der Waals surface area (Å²) in [6.07, 6.45) is 1.67. The molecule has 0 aliphatic carbocycles. The molecule has 2 fully saturated rings. The zero-order valence-corrected chi connectivity index (χ0v) is 13.1. The van der Waals surface area contributed by atoms with Crippen molar-refractivity contribution < 1.29 is 9.53 Å². The molecule has 21 heavy (non-hydrogen) atoms. The quantitative estimate of drug-likeness (QED) is 0.928. The lowest BCUT2D eigenvalue weighted by Crippen LogP contribution is -2.45. The maximum Gasteiger partial charge on any atom is 0.244 e. The molecular weight excluding hydrogens is 264 g/mol. The van der Waals surface area contributed by atoms with Crippen molar-refractivity contribution in [3.8, 4) is 0 Å². The van der Waals surface area contributed by atoms with Crippen LogP contribution in [0.2, 0.25) is 0 Å². The van der Waals surface area contributed by atoms with E-state index < -0.39 is 5.54 Å². The molecule has 2 heterocycles. The Morgan fingerprint density at radius 1 is 1.38 bits per heavy atom. The van der Waals surface area contributed by atoms with E-state index in [4.69, 9.17) is 4.74 Å². The van der Waals surface area contributed by atoms with Crippen molar-refractivity contribution in [1.29, 1.82) is 0 Å². The number of carbonyl (C=O) groups excluding carboxylic acids is 1. The molecule has 0 saturated carbocycles. The van der Waals surface area contributed by atoms with Gasteiger partial charge in [0.1, 0.15) is 6.17 Å². The summed E-state index contributed by atoms with van der Waals surface area (Å²) in [7, 11) is 0. The van der Waals surface area contributed by atoms with Gasteiger partial charge in [0.05, 0.1) is 18.2 Å². The number of benzene rings is 1. The van der Waals surface area contributed by atoms with Crippen LogP contribution in [0.5, 0.6) is 0 Å². The number of rotatable bonds is 3. The van der Waals surface area contributed by atoms with E-state index in [0.717, 1.165) is 25.0 Å². The molecule has 2 saturated heterocycles. The number of nitrogens with zero attached hydrogens (tertiary/aromatic N) is 1. The maximum absolute atomic E-state index is 12.9. The molecule has 1 N–H and O–H groups in total. The highest BCUT2D eigenvalue weighted by atomic mass is 16.5. The second-order valence-corrected chi connectivity index (χ2v) is 6.37. The highest BCUT2D eigenvalue weighted by Crippen LogP contribution is 2.36. The maximum atomic E-state index is 12.9. The van der Waals surface area contributed by atoms with Crippen molar-refractivity contribution in [2.45, 2.75) is 51.4 Å². The molecule has 0 bridgehead atoms. The molecule has 1 aromatic rings. The van der Waals surface area contributed by atoms with Crippen LogP contribution in [-0.4, -0.2) is 35.6 Å². The number of carbonyl (C=O) groups is 1. The van der Waals surface area contributed by atoms with Gasteiger partial charge in [-0.05, 0) is 32.3 Å². The van der Waals surface area contributed by atoms with Crippen LogP contribution in [0.1, 0.15) is 44.0 Å². The summed E-state index contributed by atoms with van der Waals surface area (Å²) in [6.45, 7) is 7.54. The van der Waals surface area contributed by atoms with Crippen LogP contribution in [0, 0.1) is 6.92 Å². The average Bonchev–Trinajstić information content (AvgIpc) is 3.08.